The average molecular weight is 282 g/mol. The van der Waals surface area contributed by atoms with Crippen LogP contribution in [0.5, 0.6) is 0 Å². The molecular weight excluding hydrogens is 260 g/mol. The lowest BCUT2D eigenvalue weighted by atomic mass is 10.0. The van der Waals surface area contributed by atoms with Gasteiger partial charge >= 0.3 is 0 Å². The van der Waals surface area contributed by atoms with Crippen molar-refractivity contribution in [1.82, 2.24) is 9.47 Å². The molecule has 1 aliphatic rings. The van der Waals surface area contributed by atoms with E-state index in [1.807, 2.05) is 29.1 Å². The van der Waals surface area contributed by atoms with E-state index in [1.54, 1.807) is 11.9 Å². The van der Waals surface area contributed by atoms with Gasteiger partial charge in [-0.25, -0.2) is 0 Å². The topological polar surface area (TPSA) is 63.9 Å². The summed E-state index contributed by atoms with van der Waals surface area (Å²) in [6.45, 7) is 1.33. The lowest BCUT2D eigenvalue weighted by Crippen LogP contribution is -2.56. The zero-order valence-corrected chi connectivity index (χ0v) is 11.9. The van der Waals surface area contributed by atoms with Gasteiger partial charge in [0.05, 0.1) is 19.3 Å². The van der Waals surface area contributed by atoms with Crippen molar-refractivity contribution in [3.05, 3.63) is 24.5 Å². The fourth-order valence-corrected chi connectivity index (χ4v) is 2.40. The Morgan fingerprint density at radius 2 is 2.15 bits per heavy atom. The van der Waals surface area contributed by atoms with Gasteiger partial charge in [0.1, 0.15) is 12.2 Å². The van der Waals surface area contributed by atoms with Crippen LogP contribution < -0.4 is 0 Å². The Balaban J connectivity index is 1.88. The Labute approximate surface area is 118 Å². The summed E-state index contributed by atoms with van der Waals surface area (Å²) in [5.74, 6) is -0.0110. The van der Waals surface area contributed by atoms with E-state index >= 15 is 0 Å². The molecule has 2 heterocycles. The number of methoxy groups -OCH3 is 1. The number of aliphatic hydroxyl groups excluding tert-OH is 1. The van der Waals surface area contributed by atoms with Gasteiger partial charge in [0, 0.05) is 39.5 Å². The molecule has 0 unspecified atom stereocenters. The minimum Gasteiger partial charge on any atom is -0.388 e. The normalized spacial score (nSPS) is 26.4. The van der Waals surface area contributed by atoms with E-state index in [0.717, 1.165) is 0 Å². The van der Waals surface area contributed by atoms with Crippen molar-refractivity contribution in [2.45, 2.75) is 31.2 Å². The van der Waals surface area contributed by atoms with E-state index in [2.05, 4.69) is 0 Å². The predicted octanol–water partition coefficient (Wildman–Crippen LogP) is 0.111. The summed E-state index contributed by atoms with van der Waals surface area (Å²) < 4.78 is 12.5. The molecule has 1 aromatic heterocycles. The molecule has 2 rings (SSSR count). The summed E-state index contributed by atoms with van der Waals surface area (Å²) >= 11 is 0. The monoisotopic (exact) mass is 282 g/mol. The lowest BCUT2D eigenvalue weighted by Gasteiger charge is -2.38. The van der Waals surface area contributed by atoms with E-state index in [4.69, 9.17) is 9.47 Å². The highest BCUT2D eigenvalue weighted by atomic mass is 16.5. The molecule has 112 valence electrons. The number of carbonyl (C=O) groups excluding carboxylic acids is 1. The van der Waals surface area contributed by atoms with Gasteiger partial charge in [-0.1, -0.05) is 0 Å². The van der Waals surface area contributed by atoms with Crippen molar-refractivity contribution in [2.75, 3.05) is 27.4 Å². The molecule has 1 amide bonds. The first-order chi connectivity index (χ1) is 9.63. The average Bonchev–Trinajstić information content (AvgIpc) is 2.97. The fourth-order valence-electron chi connectivity index (χ4n) is 2.40. The largest absolute Gasteiger partial charge is 0.388 e. The van der Waals surface area contributed by atoms with Gasteiger partial charge in [0.2, 0.25) is 5.91 Å². The van der Waals surface area contributed by atoms with Gasteiger partial charge in [-0.15, -0.1) is 0 Å². The quantitative estimate of drug-likeness (QED) is 0.832. The number of hydrogen-bond acceptors (Lipinski definition) is 4. The molecule has 1 fully saturated rings. The molecule has 0 spiro atoms. The molecular formula is C14H22N2O4. The Morgan fingerprint density at radius 3 is 2.80 bits per heavy atom. The number of aryl methyl sites for hydroxylation is 1. The van der Waals surface area contributed by atoms with Crippen LogP contribution in [0.15, 0.2) is 24.5 Å². The van der Waals surface area contributed by atoms with Crippen molar-refractivity contribution in [2.24, 2.45) is 0 Å². The zero-order chi connectivity index (χ0) is 14.5. The van der Waals surface area contributed by atoms with E-state index in [-0.39, 0.29) is 18.1 Å². The first kappa shape index (κ1) is 15.0. The van der Waals surface area contributed by atoms with Gasteiger partial charge in [0.15, 0.2) is 0 Å². The predicted molar refractivity (Wildman–Crippen MR) is 73.2 cm³/mol. The molecule has 0 bridgehead atoms. The van der Waals surface area contributed by atoms with Crippen molar-refractivity contribution < 1.29 is 19.4 Å². The van der Waals surface area contributed by atoms with Crippen LogP contribution in [0.1, 0.15) is 6.42 Å². The van der Waals surface area contributed by atoms with Crippen LogP contribution in [-0.2, 0) is 20.8 Å². The van der Waals surface area contributed by atoms with Crippen molar-refractivity contribution in [1.29, 1.82) is 0 Å². The van der Waals surface area contributed by atoms with Gasteiger partial charge in [0.25, 0.3) is 0 Å². The molecule has 6 heteroatoms. The zero-order valence-electron chi connectivity index (χ0n) is 11.9. The van der Waals surface area contributed by atoms with Crippen LogP contribution >= 0.6 is 0 Å². The first-order valence-electron chi connectivity index (χ1n) is 6.78. The number of aliphatic hydroxyl groups is 1. The standard InChI is InChI=1S/C14H22N2O4/c1-15(11-9-20-10-12(19-2)14(11)18)13(17)5-8-16-6-3-4-7-16/h3-4,6-7,11-12,14,18H,5,8-10H2,1-2H3/t11-,12-,14+/m1/s1. The Morgan fingerprint density at radius 1 is 1.45 bits per heavy atom. The van der Waals surface area contributed by atoms with Crippen LogP contribution in [0, 0.1) is 0 Å². The molecule has 20 heavy (non-hydrogen) atoms. The van der Waals surface area contributed by atoms with Crippen LogP contribution in [-0.4, -0.2) is 66.1 Å². The maximum Gasteiger partial charge on any atom is 0.224 e. The number of rotatable bonds is 5. The molecule has 1 saturated heterocycles. The number of likely N-dealkylation sites (N-methyl/N-ethyl adjacent to an activating group) is 1. The highest BCUT2D eigenvalue weighted by Crippen LogP contribution is 2.16. The molecule has 1 aliphatic heterocycles. The molecule has 1 N–H and O–H groups in total. The second-order valence-corrected chi connectivity index (χ2v) is 5.05. The maximum atomic E-state index is 12.2. The summed E-state index contributed by atoms with van der Waals surface area (Å²) in [6.07, 6.45) is 3.15. The second-order valence-electron chi connectivity index (χ2n) is 5.05. The highest BCUT2D eigenvalue weighted by molar-refractivity contribution is 5.76. The van der Waals surface area contributed by atoms with Gasteiger partial charge in [-0.2, -0.15) is 0 Å². The summed E-state index contributed by atoms with van der Waals surface area (Å²) in [5.41, 5.74) is 0. The number of aromatic nitrogens is 1. The fraction of sp³-hybridized carbons (Fsp3) is 0.643. The van der Waals surface area contributed by atoms with Crippen molar-refractivity contribution in [3.8, 4) is 0 Å². The van der Waals surface area contributed by atoms with Crippen molar-refractivity contribution >= 4 is 5.91 Å². The molecule has 0 aliphatic carbocycles. The van der Waals surface area contributed by atoms with E-state index < -0.39 is 6.10 Å². The summed E-state index contributed by atoms with van der Waals surface area (Å²) in [7, 11) is 3.24. The maximum absolute atomic E-state index is 12.2. The molecule has 3 atom stereocenters. The second kappa shape index (κ2) is 6.88. The van der Waals surface area contributed by atoms with E-state index in [1.165, 1.54) is 7.11 Å². The highest BCUT2D eigenvalue weighted by Gasteiger charge is 2.36. The summed E-state index contributed by atoms with van der Waals surface area (Å²) in [4.78, 5) is 13.8. The smallest absolute Gasteiger partial charge is 0.224 e. The minimum absolute atomic E-state index is 0.0110. The lowest BCUT2D eigenvalue weighted by molar-refractivity contribution is -0.158. The summed E-state index contributed by atoms with van der Waals surface area (Å²) in [5, 5.41) is 10.2. The SMILES string of the molecule is CO[C@@H]1COC[C@@H](N(C)C(=O)CCn2cccc2)[C@@H]1O. The van der Waals surface area contributed by atoms with Gasteiger partial charge < -0.3 is 24.0 Å². The molecule has 0 radical (unpaired) electrons. The Kier molecular flexibility index (Phi) is 5.17. The van der Waals surface area contributed by atoms with Crippen molar-refractivity contribution in [3.63, 3.8) is 0 Å². The first-order valence-corrected chi connectivity index (χ1v) is 6.78. The number of amides is 1. The Bertz CT molecular complexity index is 421. The third kappa shape index (κ3) is 3.39. The molecule has 0 saturated carbocycles. The number of hydrogen-bond donors (Lipinski definition) is 1. The van der Waals surface area contributed by atoms with Gasteiger partial charge in [-0.3, -0.25) is 4.79 Å². The third-order valence-electron chi connectivity index (χ3n) is 3.79. The van der Waals surface area contributed by atoms with Crippen LogP contribution in [0.25, 0.3) is 0 Å². The Hall–Kier alpha value is -1.37. The number of carbonyl (C=O) groups is 1. The van der Waals surface area contributed by atoms with Crippen LogP contribution in [0.4, 0.5) is 0 Å². The van der Waals surface area contributed by atoms with Gasteiger partial charge in [-0.05, 0) is 12.1 Å². The third-order valence-corrected chi connectivity index (χ3v) is 3.79. The minimum atomic E-state index is -0.714. The van der Waals surface area contributed by atoms with Crippen LogP contribution in [0.3, 0.4) is 0 Å². The number of ether oxygens (including phenoxy) is 2. The molecule has 0 aromatic carbocycles. The van der Waals surface area contributed by atoms with E-state index in [9.17, 15) is 9.90 Å². The molecule has 1 aromatic rings. The van der Waals surface area contributed by atoms with Crippen LogP contribution in [0.2, 0.25) is 0 Å². The summed E-state index contributed by atoms with van der Waals surface area (Å²) in [6, 6.07) is 3.50. The molecule has 6 nitrogen and oxygen atoms in total. The number of nitrogens with zero attached hydrogens (tertiary/aromatic N) is 2. The van der Waals surface area contributed by atoms with E-state index in [0.29, 0.717) is 26.2 Å².